The van der Waals surface area contributed by atoms with Crippen molar-refractivity contribution in [2.45, 2.75) is 11.9 Å². The van der Waals surface area contributed by atoms with Crippen molar-refractivity contribution in [1.29, 1.82) is 0 Å². The highest BCUT2D eigenvalue weighted by Crippen LogP contribution is 2.33. The molecule has 0 aliphatic carbocycles. The van der Waals surface area contributed by atoms with Crippen LogP contribution in [0.25, 0.3) is 10.9 Å². The number of rotatable bonds is 5. The summed E-state index contributed by atoms with van der Waals surface area (Å²) in [6, 6.07) is 21.2. The van der Waals surface area contributed by atoms with E-state index in [0.717, 1.165) is 28.5 Å². The van der Waals surface area contributed by atoms with Crippen molar-refractivity contribution in [3.8, 4) is 0 Å². The van der Waals surface area contributed by atoms with Gasteiger partial charge in [-0.25, -0.2) is 4.98 Å². The molecule has 2 N–H and O–H groups in total. The third-order valence-corrected chi connectivity index (χ3v) is 4.77. The van der Waals surface area contributed by atoms with Crippen LogP contribution in [0.15, 0.2) is 78.4 Å². The monoisotopic (exact) mass is 364 g/mol. The van der Waals surface area contributed by atoms with Crippen molar-refractivity contribution >= 4 is 28.7 Å². The van der Waals surface area contributed by atoms with Gasteiger partial charge in [-0.2, -0.15) is 0 Å². The number of Topliss-reactive ketones (excluding diaryl/α,β-unsaturated/α-hetero) is 1. The Labute approximate surface area is 155 Å². The fourth-order valence-corrected chi connectivity index (χ4v) is 3.38. The van der Waals surface area contributed by atoms with Gasteiger partial charge >= 0.3 is 0 Å². The molecule has 130 valence electrons. The zero-order valence-electron chi connectivity index (χ0n) is 13.8. The number of pyridine rings is 1. The number of hydrogen-bond acceptors (Lipinski definition) is 6. The second-order valence-corrected chi connectivity index (χ2v) is 6.51. The number of fused-ring (bicyclic) bond motifs is 1. The SMILES string of the molecule is NC1=C(OSCc2ccccc2)C(=O)C(c2ccc3ccccc3n2)O1. The summed E-state index contributed by atoms with van der Waals surface area (Å²) in [5.41, 5.74) is 8.27. The summed E-state index contributed by atoms with van der Waals surface area (Å²) in [7, 11) is 0. The van der Waals surface area contributed by atoms with Gasteiger partial charge in [0.05, 0.1) is 29.0 Å². The Morgan fingerprint density at radius 2 is 1.81 bits per heavy atom. The minimum absolute atomic E-state index is 0.00415. The lowest BCUT2D eigenvalue weighted by atomic mass is 10.1. The van der Waals surface area contributed by atoms with Gasteiger partial charge < -0.3 is 14.7 Å². The van der Waals surface area contributed by atoms with E-state index in [0.29, 0.717) is 11.4 Å². The zero-order valence-corrected chi connectivity index (χ0v) is 14.6. The topological polar surface area (TPSA) is 74.4 Å². The van der Waals surface area contributed by atoms with Gasteiger partial charge in [0, 0.05) is 5.39 Å². The average molecular weight is 364 g/mol. The highest BCUT2D eigenvalue weighted by atomic mass is 32.2. The van der Waals surface area contributed by atoms with E-state index in [1.807, 2.05) is 60.7 Å². The first-order valence-electron chi connectivity index (χ1n) is 8.12. The number of ketones is 1. The molecule has 0 saturated heterocycles. The Morgan fingerprint density at radius 3 is 2.65 bits per heavy atom. The predicted molar refractivity (Wildman–Crippen MR) is 101 cm³/mol. The lowest BCUT2D eigenvalue weighted by molar-refractivity contribution is -0.123. The average Bonchev–Trinajstić information content (AvgIpc) is 2.97. The molecule has 1 aliphatic rings. The van der Waals surface area contributed by atoms with Gasteiger partial charge in [0.1, 0.15) is 0 Å². The number of hydrogen-bond donors (Lipinski definition) is 1. The summed E-state index contributed by atoms with van der Waals surface area (Å²) >= 11 is 1.15. The van der Waals surface area contributed by atoms with Crippen LogP contribution in [-0.2, 0) is 19.5 Å². The van der Waals surface area contributed by atoms with Crippen molar-refractivity contribution in [3.05, 3.63) is 89.6 Å². The zero-order chi connectivity index (χ0) is 17.9. The van der Waals surface area contributed by atoms with Crippen molar-refractivity contribution in [2.75, 3.05) is 0 Å². The number of para-hydroxylation sites is 1. The summed E-state index contributed by atoms with van der Waals surface area (Å²) in [6.07, 6.45) is -0.869. The van der Waals surface area contributed by atoms with Crippen LogP contribution in [0.2, 0.25) is 0 Å². The normalized spacial score (nSPS) is 16.8. The molecule has 2 heterocycles. The molecule has 2 aromatic carbocycles. The molecule has 0 spiro atoms. The van der Waals surface area contributed by atoms with Gasteiger partial charge in [-0.15, -0.1) is 0 Å². The quantitative estimate of drug-likeness (QED) is 0.693. The molecule has 6 heteroatoms. The van der Waals surface area contributed by atoms with Crippen LogP contribution >= 0.6 is 12.0 Å². The summed E-state index contributed by atoms with van der Waals surface area (Å²) in [6.45, 7) is 0. The van der Waals surface area contributed by atoms with E-state index in [9.17, 15) is 4.79 Å². The van der Waals surface area contributed by atoms with Crippen LogP contribution in [-0.4, -0.2) is 10.8 Å². The first-order chi connectivity index (χ1) is 12.7. The number of ether oxygens (including phenoxy) is 1. The van der Waals surface area contributed by atoms with E-state index >= 15 is 0 Å². The molecule has 5 nitrogen and oxygen atoms in total. The van der Waals surface area contributed by atoms with Crippen LogP contribution in [0.5, 0.6) is 0 Å². The first kappa shape index (κ1) is 16.5. The molecule has 1 unspecified atom stereocenters. The third kappa shape index (κ3) is 3.23. The highest BCUT2D eigenvalue weighted by Gasteiger charge is 2.38. The van der Waals surface area contributed by atoms with Gasteiger partial charge in [0.2, 0.25) is 17.7 Å². The van der Waals surface area contributed by atoms with Gasteiger partial charge in [0.25, 0.3) is 5.78 Å². The molecule has 1 aliphatic heterocycles. The van der Waals surface area contributed by atoms with E-state index in [4.69, 9.17) is 14.7 Å². The molecule has 0 amide bonds. The maximum Gasteiger partial charge on any atom is 0.251 e. The maximum absolute atomic E-state index is 12.7. The standard InChI is InChI=1S/C20H16N2O3S/c21-20-19(25-26-12-13-6-2-1-3-7-13)17(23)18(24-20)16-11-10-14-8-4-5-9-15(14)22-16/h1-11,18H,12,21H2. The van der Waals surface area contributed by atoms with Crippen molar-refractivity contribution in [1.82, 2.24) is 4.98 Å². The Balaban J connectivity index is 1.46. The van der Waals surface area contributed by atoms with E-state index in [2.05, 4.69) is 4.98 Å². The summed E-state index contributed by atoms with van der Waals surface area (Å²) in [5, 5.41) is 0.998. The number of carbonyl (C=O) groups is 1. The molecular weight excluding hydrogens is 348 g/mol. The number of benzene rings is 2. The van der Waals surface area contributed by atoms with E-state index in [1.165, 1.54) is 0 Å². The Bertz CT molecular complexity index is 989. The van der Waals surface area contributed by atoms with Gasteiger partial charge in [0.15, 0.2) is 0 Å². The highest BCUT2D eigenvalue weighted by molar-refractivity contribution is 7.94. The van der Waals surface area contributed by atoms with Crippen LogP contribution in [0.3, 0.4) is 0 Å². The molecule has 0 saturated carbocycles. The third-order valence-electron chi connectivity index (χ3n) is 4.03. The minimum Gasteiger partial charge on any atom is -0.458 e. The molecule has 0 bridgehead atoms. The van der Waals surface area contributed by atoms with E-state index < -0.39 is 6.10 Å². The van der Waals surface area contributed by atoms with Gasteiger partial charge in [-0.05, 0) is 17.7 Å². The molecule has 1 atom stereocenters. The van der Waals surface area contributed by atoms with Crippen molar-refractivity contribution < 1.29 is 13.7 Å². The van der Waals surface area contributed by atoms with Gasteiger partial charge in [-0.1, -0.05) is 54.6 Å². The number of nitrogens with two attached hydrogens (primary N) is 1. The summed E-state index contributed by atoms with van der Waals surface area (Å²) in [5.74, 6) is 0.330. The molecule has 26 heavy (non-hydrogen) atoms. The largest absolute Gasteiger partial charge is 0.458 e. The van der Waals surface area contributed by atoms with Crippen molar-refractivity contribution in [3.63, 3.8) is 0 Å². The number of carbonyl (C=O) groups excluding carboxylic acids is 1. The minimum atomic E-state index is -0.869. The molecular formula is C20H16N2O3S. The Kier molecular flexibility index (Phi) is 4.50. The lowest BCUT2D eigenvalue weighted by Crippen LogP contribution is -2.12. The molecule has 1 aromatic heterocycles. The lowest BCUT2D eigenvalue weighted by Gasteiger charge is -2.09. The van der Waals surface area contributed by atoms with E-state index in [1.54, 1.807) is 6.07 Å². The second kappa shape index (κ2) is 7.09. The Morgan fingerprint density at radius 1 is 1.04 bits per heavy atom. The first-order valence-corrected chi connectivity index (χ1v) is 9.03. The summed E-state index contributed by atoms with van der Waals surface area (Å²) in [4.78, 5) is 17.2. The fourth-order valence-electron chi connectivity index (χ4n) is 2.71. The molecule has 0 fully saturated rings. The number of nitrogens with zero attached hydrogens (tertiary/aromatic N) is 1. The maximum atomic E-state index is 12.7. The number of aromatic nitrogens is 1. The predicted octanol–water partition coefficient (Wildman–Crippen LogP) is 3.87. The van der Waals surface area contributed by atoms with Crippen LogP contribution < -0.4 is 5.73 Å². The van der Waals surface area contributed by atoms with Crippen LogP contribution in [0.4, 0.5) is 0 Å². The fraction of sp³-hybridized carbons (Fsp3) is 0.100. The molecule has 4 rings (SSSR count). The van der Waals surface area contributed by atoms with Gasteiger partial charge in [-0.3, -0.25) is 4.79 Å². The van der Waals surface area contributed by atoms with Crippen LogP contribution in [0.1, 0.15) is 17.4 Å². The van der Waals surface area contributed by atoms with E-state index in [-0.39, 0.29) is 17.4 Å². The van der Waals surface area contributed by atoms with Crippen molar-refractivity contribution in [2.24, 2.45) is 5.73 Å². The van der Waals surface area contributed by atoms with Crippen LogP contribution in [0, 0.1) is 0 Å². The molecule has 3 aromatic rings. The second-order valence-electron chi connectivity index (χ2n) is 5.82. The smallest absolute Gasteiger partial charge is 0.251 e. The summed E-state index contributed by atoms with van der Waals surface area (Å²) < 4.78 is 11.1. The molecule has 0 radical (unpaired) electrons. The Hall–Kier alpha value is -2.99.